The molecule has 0 radical (unpaired) electrons. The van der Waals surface area contributed by atoms with Crippen LogP contribution >= 0.6 is 0 Å². The lowest BCUT2D eigenvalue weighted by Gasteiger charge is -2.33. The molecule has 1 aliphatic carbocycles. The first-order valence-electron chi connectivity index (χ1n) is 6.90. The molecular weight excluding hydrogens is 246 g/mol. The number of alkyl halides is 2. The van der Waals surface area contributed by atoms with E-state index >= 15 is 0 Å². The Morgan fingerprint density at radius 2 is 1.95 bits per heavy atom. The van der Waals surface area contributed by atoms with Crippen molar-refractivity contribution in [1.29, 1.82) is 0 Å². The smallest absolute Gasteiger partial charge is 0.248 e. The molecule has 3 N–H and O–H groups in total. The number of nitrogens with one attached hydrogen (secondary N) is 1. The summed E-state index contributed by atoms with van der Waals surface area (Å²) in [6, 6.07) is 8.24. The van der Waals surface area contributed by atoms with Gasteiger partial charge in [-0.3, -0.25) is 11.3 Å². The fraction of sp³-hybridized carbons (Fsp3) is 0.600. The standard InChI is InChI=1S/C15H22F2N2/c1-11-4-2-3-5-13(11)10-14(19-18)12-6-8-15(16,17)9-7-12/h2-5,12,14,19H,6-10,18H2,1H3. The molecule has 0 heterocycles. The van der Waals surface area contributed by atoms with Gasteiger partial charge in [0, 0.05) is 18.9 Å². The quantitative estimate of drug-likeness (QED) is 0.650. The van der Waals surface area contributed by atoms with Crippen LogP contribution in [0.15, 0.2) is 24.3 Å². The Kier molecular flexibility index (Phi) is 4.53. The predicted molar refractivity (Wildman–Crippen MR) is 72.9 cm³/mol. The summed E-state index contributed by atoms with van der Waals surface area (Å²) in [6.45, 7) is 2.07. The maximum atomic E-state index is 13.2. The van der Waals surface area contributed by atoms with Gasteiger partial charge < -0.3 is 0 Å². The van der Waals surface area contributed by atoms with Crippen molar-refractivity contribution in [3.63, 3.8) is 0 Å². The van der Waals surface area contributed by atoms with E-state index < -0.39 is 5.92 Å². The monoisotopic (exact) mass is 268 g/mol. The molecule has 0 aromatic heterocycles. The van der Waals surface area contributed by atoms with E-state index in [1.165, 1.54) is 11.1 Å². The van der Waals surface area contributed by atoms with E-state index in [-0.39, 0.29) is 24.8 Å². The van der Waals surface area contributed by atoms with Gasteiger partial charge in [0.2, 0.25) is 5.92 Å². The van der Waals surface area contributed by atoms with Gasteiger partial charge in [-0.2, -0.15) is 0 Å². The van der Waals surface area contributed by atoms with Gasteiger partial charge >= 0.3 is 0 Å². The van der Waals surface area contributed by atoms with Gasteiger partial charge in [-0.05, 0) is 43.2 Å². The summed E-state index contributed by atoms with van der Waals surface area (Å²) in [5.41, 5.74) is 5.29. The van der Waals surface area contributed by atoms with Crippen LogP contribution in [-0.4, -0.2) is 12.0 Å². The Labute approximate surface area is 113 Å². The summed E-state index contributed by atoms with van der Waals surface area (Å²) in [7, 11) is 0. The minimum atomic E-state index is -2.47. The van der Waals surface area contributed by atoms with E-state index in [0.717, 1.165) is 6.42 Å². The highest BCUT2D eigenvalue weighted by molar-refractivity contribution is 5.26. The third kappa shape index (κ3) is 3.74. The molecule has 19 heavy (non-hydrogen) atoms. The van der Waals surface area contributed by atoms with Gasteiger partial charge in [0.15, 0.2) is 0 Å². The van der Waals surface area contributed by atoms with E-state index in [1.807, 2.05) is 12.1 Å². The summed E-state index contributed by atoms with van der Waals surface area (Å²) in [4.78, 5) is 0. The molecule has 1 atom stereocenters. The van der Waals surface area contributed by atoms with Crippen LogP contribution in [0.2, 0.25) is 0 Å². The summed E-state index contributed by atoms with van der Waals surface area (Å²) < 4.78 is 26.4. The fourth-order valence-corrected chi connectivity index (χ4v) is 2.90. The van der Waals surface area contributed by atoms with Gasteiger partial charge in [-0.1, -0.05) is 24.3 Å². The first-order chi connectivity index (χ1) is 9.02. The number of halogens is 2. The van der Waals surface area contributed by atoms with Crippen molar-refractivity contribution < 1.29 is 8.78 Å². The summed E-state index contributed by atoms with van der Waals surface area (Å²) in [6.07, 6.45) is 1.88. The topological polar surface area (TPSA) is 38.0 Å². The highest BCUT2D eigenvalue weighted by Crippen LogP contribution is 2.37. The molecule has 106 valence electrons. The van der Waals surface area contributed by atoms with Crippen LogP contribution in [0.1, 0.15) is 36.8 Å². The number of aryl methyl sites for hydroxylation is 1. The average Bonchev–Trinajstić information content (AvgIpc) is 2.38. The number of hydrogen-bond acceptors (Lipinski definition) is 2. The molecule has 1 aromatic rings. The van der Waals surface area contributed by atoms with Gasteiger partial charge in [0.25, 0.3) is 0 Å². The second-order valence-corrected chi connectivity index (χ2v) is 5.60. The summed E-state index contributed by atoms with van der Waals surface area (Å²) in [5, 5.41) is 0. The lowest BCUT2D eigenvalue weighted by molar-refractivity contribution is -0.0495. The molecule has 0 bridgehead atoms. The molecule has 2 rings (SSSR count). The Balaban J connectivity index is 1.99. The normalized spacial score (nSPS) is 21.3. The van der Waals surface area contributed by atoms with Crippen LogP contribution in [-0.2, 0) is 6.42 Å². The zero-order valence-electron chi connectivity index (χ0n) is 11.3. The van der Waals surface area contributed by atoms with Crippen LogP contribution < -0.4 is 11.3 Å². The van der Waals surface area contributed by atoms with Crippen LogP contribution in [0.4, 0.5) is 8.78 Å². The predicted octanol–water partition coefficient (Wildman–Crippen LogP) is 3.19. The van der Waals surface area contributed by atoms with Crippen molar-refractivity contribution in [3.8, 4) is 0 Å². The van der Waals surface area contributed by atoms with Crippen molar-refractivity contribution in [2.24, 2.45) is 11.8 Å². The summed E-state index contributed by atoms with van der Waals surface area (Å²) in [5.74, 6) is 3.40. The van der Waals surface area contributed by atoms with Crippen molar-refractivity contribution in [2.75, 3.05) is 0 Å². The lowest BCUT2D eigenvalue weighted by Crippen LogP contribution is -2.45. The molecule has 1 aromatic carbocycles. The first kappa shape index (κ1) is 14.4. The number of rotatable bonds is 4. The number of nitrogens with two attached hydrogens (primary N) is 1. The highest BCUT2D eigenvalue weighted by Gasteiger charge is 2.37. The molecule has 1 unspecified atom stereocenters. The van der Waals surface area contributed by atoms with E-state index in [0.29, 0.717) is 12.8 Å². The third-order valence-electron chi connectivity index (χ3n) is 4.25. The molecule has 1 fully saturated rings. The first-order valence-corrected chi connectivity index (χ1v) is 6.90. The number of hydrazine groups is 1. The van der Waals surface area contributed by atoms with E-state index in [2.05, 4.69) is 24.5 Å². The molecule has 0 saturated heterocycles. The van der Waals surface area contributed by atoms with Crippen LogP contribution in [0.3, 0.4) is 0 Å². The SMILES string of the molecule is Cc1ccccc1CC(NN)C1CCC(F)(F)CC1. The average molecular weight is 268 g/mol. The fourth-order valence-electron chi connectivity index (χ4n) is 2.90. The molecule has 2 nitrogen and oxygen atoms in total. The van der Waals surface area contributed by atoms with E-state index in [4.69, 9.17) is 5.84 Å². The van der Waals surface area contributed by atoms with Crippen LogP contribution in [0, 0.1) is 12.8 Å². The van der Waals surface area contributed by atoms with Crippen LogP contribution in [0.25, 0.3) is 0 Å². The van der Waals surface area contributed by atoms with Gasteiger partial charge in [-0.25, -0.2) is 8.78 Å². The zero-order valence-corrected chi connectivity index (χ0v) is 11.3. The van der Waals surface area contributed by atoms with Gasteiger partial charge in [-0.15, -0.1) is 0 Å². The maximum Gasteiger partial charge on any atom is 0.248 e. The van der Waals surface area contributed by atoms with Gasteiger partial charge in [0.1, 0.15) is 0 Å². The van der Waals surface area contributed by atoms with Crippen molar-refractivity contribution in [1.82, 2.24) is 5.43 Å². The van der Waals surface area contributed by atoms with Gasteiger partial charge in [0.05, 0.1) is 0 Å². The molecule has 0 aliphatic heterocycles. The number of benzene rings is 1. The van der Waals surface area contributed by atoms with Crippen molar-refractivity contribution in [2.45, 2.75) is 51.0 Å². The number of hydrogen-bond donors (Lipinski definition) is 2. The summed E-state index contributed by atoms with van der Waals surface area (Å²) >= 11 is 0. The highest BCUT2D eigenvalue weighted by atomic mass is 19.3. The van der Waals surface area contributed by atoms with Crippen molar-refractivity contribution >= 4 is 0 Å². The maximum absolute atomic E-state index is 13.2. The Hall–Kier alpha value is -1.00. The molecule has 4 heteroatoms. The molecule has 1 saturated carbocycles. The Bertz CT molecular complexity index is 410. The Morgan fingerprint density at radius 1 is 1.32 bits per heavy atom. The minimum Gasteiger partial charge on any atom is -0.271 e. The largest absolute Gasteiger partial charge is 0.271 e. The zero-order chi connectivity index (χ0) is 13.9. The van der Waals surface area contributed by atoms with Crippen molar-refractivity contribution in [3.05, 3.63) is 35.4 Å². The molecular formula is C15H22F2N2. The van der Waals surface area contributed by atoms with E-state index in [1.54, 1.807) is 0 Å². The molecule has 0 spiro atoms. The third-order valence-corrected chi connectivity index (χ3v) is 4.25. The molecule has 0 amide bonds. The second-order valence-electron chi connectivity index (χ2n) is 5.60. The minimum absolute atomic E-state index is 0.0103. The Morgan fingerprint density at radius 3 is 2.53 bits per heavy atom. The lowest BCUT2D eigenvalue weighted by atomic mass is 9.80. The van der Waals surface area contributed by atoms with Crippen LogP contribution in [0.5, 0.6) is 0 Å². The molecule has 1 aliphatic rings. The second kappa shape index (κ2) is 5.97. The van der Waals surface area contributed by atoms with E-state index in [9.17, 15) is 8.78 Å².